The summed E-state index contributed by atoms with van der Waals surface area (Å²) in [5.41, 5.74) is 0.875. The first-order valence-corrected chi connectivity index (χ1v) is 11.5. The first kappa shape index (κ1) is 20.7. The molecule has 150 valence electrons. The molecule has 28 heavy (non-hydrogen) atoms. The van der Waals surface area contributed by atoms with Crippen molar-refractivity contribution in [2.24, 2.45) is 0 Å². The van der Waals surface area contributed by atoms with E-state index in [0.29, 0.717) is 16.6 Å². The number of carbonyl (C=O) groups is 1. The largest absolute Gasteiger partial charge is 0.487 e. The Morgan fingerprint density at radius 3 is 2.54 bits per heavy atom. The van der Waals surface area contributed by atoms with Crippen LogP contribution in [0.2, 0.25) is 0 Å². The van der Waals surface area contributed by atoms with Crippen LogP contribution in [0.4, 0.5) is 5.69 Å². The molecule has 0 aromatic heterocycles. The van der Waals surface area contributed by atoms with E-state index in [1.165, 1.54) is 0 Å². The Bertz CT molecular complexity index is 991. The fourth-order valence-corrected chi connectivity index (χ4v) is 4.82. The number of nitrogens with one attached hydrogen (secondary N) is 1. The second-order valence-corrected chi connectivity index (χ2v) is 10.2. The molecule has 2 aromatic carbocycles. The van der Waals surface area contributed by atoms with Crippen LogP contribution in [0.15, 0.2) is 53.0 Å². The Morgan fingerprint density at radius 1 is 1.21 bits per heavy atom. The summed E-state index contributed by atoms with van der Waals surface area (Å²) in [5.74, 6) is 0.355. The average molecular weight is 467 g/mol. The minimum absolute atomic E-state index is 0.256. The molecule has 1 unspecified atom stereocenters. The standard InChI is InChI=1S/C20H23BrN2O4S/c1-20(2)12-16(14-8-4-7-11-18(14)27-20)22-19(24)13-23(28(3,25)26)17-10-6-5-9-15(17)21/h4-11,16H,12-13H2,1-3H3,(H,22,24). The quantitative estimate of drug-likeness (QED) is 0.729. The summed E-state index contributed by atoms with van der Waals surface area (Å²) >= 11 is 3.36. The SMILES string of the molecule is CC1(C)CC(NC(=O)CN(c2ccccc2Br)S(C)(=O)=O)c2ccccc2O1. The maximum absolute atomic E-state index is 12.8. The number of amides is 1. The minimum Gasteiger partial charge on any atom is -0.487 e. The Balaban J connectivity index is 1.83. The molecule has 0 saturated carbocycles. The number of anilines is 1. The van der Waals surface area contributed by atoms with Gasteiger partial charge in [-0.05, 0) is 48.0 Å². The molecule has 3 rings (SSSR count). The van der Waals surface area contributed by atoms with Gasteiger partial charge in [0.15, 0.2) is 0 Å². The van der Waals surface area contributed by atoms with Crippen molar-refractivity contribution in [2.45, 2.75) is 31.9 Å². The second kappa shape index (κ2) is 7.75. The number of rotatable bonds is 5. The number of nitrogens with zero attached hydrogens (tertiary/aromatic N) is 1. The molecule has 0 fully saturated rings. The highest BCUT2D eigenvalue weighted by Crippen LogP contribution is 2.39. The van der Waals surface area contributed by atoms with E-state index in [0.717, 1.165) is 21.9 Å². The molecule has 1 aliphatic heterocycles. The van der Waals surface area contributed by atoms with Gasteiger partial charge in [-0.2, -0.15) is 0 Å². The van der Waals surface area contributed by atoms with Crippen LogP contribution in [0.3, 0.4) is 0 Å². The summed E-state index contributed by atoms with van der Waals surface area (Å²) in [6.07, 6.45) is 1.68. The van der Waals surface area contributed by atoms with Gasteiger partial charge in [0, 0.05) is 16.5 Å². The summed E-state index contributed by atoms with van der Waals surface area (Å²) in [5, 5.41) is 2.98. The summed E-state index contributed by atoms with van der Waals surface area (Å²) in [6.45, 7) is 3.62. The molecule has 0 bridgehead atoms. The smallest absolute Gasteiger partial charge is 0.241 e. The number of halogens is 1. The molecular formula is C20H23BrN2O4S. The van der Waals surface area contributed by atoms with E-state index in [-0.39, 0.29) is 18.5 Å². The number of ether oxygens (including phenoxy) is 1. The molecule has 0 radical (unpaired) electrons. The Hall–Kier alpha value is -2.06. The van der Waals surface area contributed by atoms with Crippen molar-refractivity contribution in [3.05, 3.63) is 58.6 Å². The predicted octanol–water partition coefficient (Wildman–Crippen LogP) is 3.63. The lowest BCUT2D eigenvalue weighted by molar-refractivity contribution is -0.120. The topological polar surface area (TPSA) is 75.7 Å². The molecule has 0 saturated heterocycles. The number of sulfonamides is 1. The number of hydrogen-bond donors (Lipinski definition) is 1. The molecule has 2 aromatic rings. The third-order valence-electron chi connectivity index (χ3n) is 4.52. The molecule has 0 spiro atoms. The van der Waals surface area contributed by atoms with Crippen LogP contribution in [0.1, 0.15) is 31.9 Å². The number of hydrogen-bond acceptors (Lipinski definition) is 4. The number of carbonyl (C=O) groups excluding carboxylic acids is 1. The fourth-order valence-electron chi connectivity index (χ4n) is 3.34. The summed E-state index contributed by atoms with van der Waals surface area (Å²) in [7, 11) is -3.64. The third-order valence-corrected chi connectivity index (χ3v) is 6.32. The molecule has 6 nitrogen and oxygen atoms in total. The van der Waals surface area contributed by atoms with Crippen molar-refractivity contribution in [1.29, 1.82) is 0 Å². The Morgan fingerprint density at radius 2 is 1.86 bits per heavy atom. The maximum atomic E-state index is 12.8. The highest BCUT2D eigenvalue weighted by Gasteiger charge is 2.35. The van der Waals surface area contributed by atoms with Crippen molar-refractivity contribution < 1.29 is 17.9 Å². The van der Waals surface area contributed by atoms with E-state index in [4.69, 9.17) is 4.74 Å². The molecule has 8 heteroatoms. The van der Waals surface area contributed by atoms with Crippen LogP contribution in [-0.2, 0) is 14.8 Å². The molecule has 1 N–H and O–H groups in total. The highest BCUT2D eigenvalue weighted by atomic mass is 79.9. The van der Waals surface area contributed by atoms with Gasteiger partial charge in [0.05, 0.1) is 18.0 Å². The van der Waals surface area contributed by atoms with E-state index in [1.807, 2.05) is 38.1 Å². The fraction of sp³-hybridized carbons (Fsp3) is 0.350. The number of fused-ring (bicyclic) bond motifs is 1. The van der Waals surface area contributed by atoms with Crippen molar-refractivity contribution in [1.82, 2.24) is 5.32 Å². The van der Waals surface area contributed by atoms with Crippen LogP contribution in [0, 0.1) is 0 Å². The van der Waals surface area contributed by atoms with Gasteiger partial charge in [0.2, 0.25) is 15.9 Å². The molecule has 1 atom stereocenters. The molecule has 1 amide bonds. The van der Waals surface area contributed by atoms with Crippen LogP contribution in [-0.4, -0.2) is 32.7 Å². The monoisotopic (exact) mass is 466 g/mol. The van der Waals surface area contributed by atoms with Crippen LogP contribution in [0.25, 0.3) is 0 Å². The van der Waals surface area contributed by atoms with Gasteiger partial charge in [-0.3, -0.25) is 9.10 Å². The third kappa shape index (κ3) is 4.67. The van der Waals surface area contributed by atoms with Gasteiger partial charge in [0.25, 0.3) is 0 Å². The lowest BCUT2D eigenvalue weighted by Gasteiger charge is -2.38. The van der Waals surface area contributed by atoms with E-state index >= 15 is 0 Å². The lowest BCUT2D eigenvalue weighted by Crippen LogP contribution is -2.45. The van der Waals surface area contributed by atoms with Gasteiger partial charge in [-0.25, -0.2) is 8.42 Å². The summed E-state index contributed by atoms with van der Waals surface area (Å²) in [6, 6.07) is 14.2. The first-order valence-electron chi connectivity index (χ1n) is 8.86. The summed E-state index contributed by atoms with van der Waals surface area (Å²) < 4.78 is 32.3. The normalized spacial score (nSPS) is 17.9. The lowest BCUT2D eigenvalue weighted by atomic mass is 9.89. The van der Waals surface area contributed by atoms with Gasteiger partial charge in [-0.1, -0.05) is 30.3 Å². The zero-order chi connectivity index (χ0) is 20.5. The maximum Gasteiger partial charge on any atom is 0.241 e. The van der Waals surface area contributed by atoms with E-state index in [1.54, 1.807) is 24.3 Å². The van der Waals surface area contributed by atoms with E-state index < -0.39 is 15.6 Å². The first-order chi connectivity index (χ1) is 13.1. The van der Waals surface area contributed by atoms with Crippen LogP contribution in [0.5, 0.6) is 5.75 Å². The summed E-state index contributed by atoms with van der Waals surface area (Å²) in [4.78, 5) is 12.8. The molecular weight excluding hydrogens is 444 g/mol. The van der Waals surface area contributed by atoms with Crippen molar-refractivity contribution >= 4 is 37.5 Å². The predicted molar refractivity (Wildman–Crippen MR) is 113 cm³/mol. The Kier molecular flexibility index (Phi) is 5.72. The van der Waals surface area contributed by atoms with Crippen molar-refractivity contribution in [3.8, 4) is 5.75 Å². The zero-order valence-electron chi connectivity index (χ0n) is 16.0. The number of benzene rings is 2. The molecule has 0 aliphatic carbocycles. The van der Waals surface area contributed by atoms with Gasteiger partial charge < -0.3 is 10.1 Å². The average Bonchev–Trinajstić information content (AvgIpc) is 2.58. The Labute approximate surface area is 174 Å². The minimum atomic E-state index is -3.64. The van der Waals surface area contributed by atoms with Crippen LogP contribution < -0.4 is 14.4 Å². The van der Waals surface area contributed by atoms with E-state index in [9.17, 15) is 13.2 Å². The molecule has 1 aliphatic rings. The van der Waals surface area contributed by atoms with Gasteiger partial charge in [-0.15, -0.1) is 0 Å². The second-order valence-electron chi connectivity index (χ2n) is 7.44. The van der Waals surface area contributed by atoms with Gasteiger partial charge in [0.1, 0.15) is 17.9 Å². The van der Waals surface area contributed by atoms with Crippen molar-refractivity contribution in [3.63, 3.8) is 0 Å². The van der Waals surface area contributed by atoms with E-state index in [2.05, 4.69) is 21.2 Å². The zero-order valence-corrected chi connectivity index (χ0v) is 18.4. The van der Waals surface area contributed by atoms with Crippen molar-refractivity contribution in [2.75, 3.05) is 17.1 Å². The highest BCUT2D eigenvalue weighted by molar-refractivity contribution is 9.10. The van der Waals surface area contributed by atoms with Crippen LogP contribution >= 0.6 is 15.9 Å². The molecule has 1 heterocycles. The van der Waals surface area contributed by atoms with Gasteiger partial charge >= 0.3 is 0 Å². The number of para-hydroxylation sites is 2.